The number of hydrogen-bond donors (Lipinski definition) is 0. The first-order valence-electron chi connectivity index (χ1n) is 7.75. The Hall–Kier alpha value is -1.58. The van der Waals surface area contributed by atoms with Crippen molar-refractivity contribution in [2.24, 2.45) is 0 Å². The number of benzene rings is 2. The second-order valence-corrected chi connectivity index (χ2v) is 6.15. The van der Waals surface area contributed by atoms with E-state index in [2.05, 4.69) is 19.1 Å². The summed E-state index contributed by atoms with van der Waals surface area (Å²) in [5.74, 6) is 1.51. The van der Waals surface area contributed by atoms with Crippen LogP contribution in [0.5, 0.6) is 11.5 Å². The standard InChI is InChI=1S/C19H21ClO2S/c1-4-14-9-10-17(13(3)11-14)21-12-15-16(20)7-6-8-18(15)22-19(23)5-2/h6-11H,4-5,12H2,1-3H3. The Labute approximate surface area is 148 Å². The Morgan fingerprint density at radius 3 is 2.57 bits per heavy atom. The van der Waals surface area contributed by atoms with Crippen molar-refractivity contribution in [1.82, 2.24) is 0 Å². The molecule has 0 saturated carbocycles. The van der Waals surface area contributed by atoms with Crippen LogP contribution in [0.3, 0.4) is 0 Å². The van der Waals surface area contributed by atoms with Crippen LogP contribution in [0.4, 0.5) is 0 Å². The van der Waals surface area contributed by atoms with Crippen LogP contribution in [-0.2, 0) is 13.0 Å². The summed E-state index contributed by atoms with van der Waals surface area (Å²) in [7, 11) is 0. The van der Waals surface area contributed by atoms with Gasteiger partial charge in [0.1, 0.15) is 18.1 Å². The summed E-state index contributed by atoms with van der Waals surface area (Å²) < 4.78 is 11.6. The Kier molecular flexibility index (Phi) is 6.43. The first-order chi connectivity index (χ1) is 11.0. The summed E-state index contributed by atoms with van der Waals surface area (Å²) in [6, 6.07) is 11.8. The van der Waals surface area contributed by atoms with Gasteiger partial charge in [0.15, 0.2) is 5.05 Å². The van der Waals surface area contributed by atoms with Gasteiger partial charge >= 0.3 is 0 Å². The summed E-state index contributed by atoms with van der Waals surface area (Å²) in [5.41, 5.74) is 3.22. The molecular weight excluding hydrogens is 328 g/mol. The van der Waals surface area contributed by atoms with Gasteiger partial charge in [-0.05, 0) is 54.9 Å². The van der Waals surface area contributed by atoms with Crippen LogP contribution in [0.2, 0.25) is 5.02 Å². The minimum absolute atomic E-state index is 0.341. The Morgan fingerprint density at radius 1 is 1.13 bits per heavy atom. The van der Waals surface area contributed by atoms with Gasteiger partial charge in [-0.15, -0.1) is 0 Å². The van der Waals surface area contributed by atoms with Crippen LogP contribution in [0.25, 0.3) is 0 Å². The van der Waals surface area contributed by atoms with Crippen molar-refractivity contribution in [1.29, 1.82) is 0 Å². The van der Waals surface area contributed by atoms with E-state index in [1.54, 1.807) is 0 Å². The second-order valence-electron chi connectivity index (χ2n) is 5.29. The number of ether oxygens (including phenoxy) is 2. The lowest BCUT2D eigenvalue weighted by Gasteiger charge is -2.15. The van der Waals surface area contributed by atoms with Gasteiger partial charge in [-0.2, -0.15) is 0 Å². The maximum Gasteiger partial charge on any atom is 0.167 e. The molecule has 0 radical (unpaired) electrons. The van der Waals surface area contributed by atoms with Crippen LogP contribution >= 0.6 is 23.8 Å². The normalized spacial score (nSPS) is 10.4. The van der Waals surface area contributed by atoms with E-state index in [4.69, 9.17) is 33.3 Å². The summed E-state index contributed by atoms with van der Waals surface area (Å²) in [4.78, 5) is 0. The van der Waals surface area contributed by atoms with Crippen LogP contribution in [0.15, 0.2) is 36.4 Å². The lowest BCUT2D eigenvalue weighted by atomic mass is 10.1. The molecule has 4 heteroatoms. The fraction of sp³-hybridized carbons (Fsp3) is 0.316. The second kappa shape index (κ2) is 8.32. The molecule has 0 aromatic heterocycles. The van der Waals surface area contributed by atoms with Gasteiger partial charge < -0.3 is 9.47 Å². The zero-order chi connectivity index (χ0) is 16.8. The fourth-order valence-corrected chi connectivity index (χ4v) is 2.52. The monoisotopic (exact) mass is 348 g/mol. The van der Waals surface area contributed by atoms with E-state index < -0.39 is 0 Å². The summed E-state index contributed by atoms with van der Waals surface area (Å²) >= 11 is 11.5. The van der Waals surface area contributed by atoms with Crippen molar-refractivity contribution in [3.8, 4) is 11.5 Å². The van der Waals surface area contributed by atoms with Crippen LogP contribution < -0.4 is 9.47 Å². The first kappa shape index (κ1) is 17.8. The molecule has 0 atom stereocenters. The fourth-order valence-electron chi connectivity index (χ4n) is 2.21. The highest BCUT2D eigenvalue weighted by atomic mass is 35.5. The molecule has 0 N–H and O–H groups in total. The van der Waals surface area contributed by atoms with Gasteiger partial charge in [-0.3, -0.25) is 0 Å². The van der Waals surface area contributed by atoms with Crippen LogP contribution in [-0.4, -0.2) is 5.05 Å². The van der Waals surface area contributed by atoms with Gasteiger partial charge in [0.05, 0.1) is 10.6 Å². The number of hydrogen-bond acceptors (Lipinski definition) is 3. The highest BCUT2D eigenvalue weighted by molar-refractivity contribution is 7.80. The Bertz CT molecular complexity index is 698. The van der Waals surface area contributed by atoms with Crippen molar-refractivity contribution < 1.29 is 9.47 Å². The molecule has 0 bridgehead atoms. The molecule has 0 heterocycles. The molecular formula is C19H21ClO2S. The van der Waals surface area contributed by atoms with E-state index >= 15 is 0 Å². The predicted octanol–water partition coefficient (Wildman–Crippen LogP) is 5.91. The third-order valence-electron chi connectivity index (χ3n) is 3.61. The first-order valence-corrected chi connectivity index (χ1v) is 8.54. The van der Waals surface area contributed by atoms with Crippen LogP contribution in [0.1, 0.15) is 37.0 Å². The molecule has 0 spiro atoms. The smallest absolute Gasteiger partial charge is 0.167 e. The minimum atomic E-state index is 0.341. The average Bonchev–Trinajstić information content (AvgIpc) is 2.55. The summed E-state index contributed by atoms with van der Waals surface area (Å²) in [5, 5.41) is 1.15. The Balaban J connectivity index is 2.18. The van der Waals surface area contributed by atoms with Crippen molar-refractivity contribution in [3.63, 3.8) is 0 Å². The van der Waals surface area contributed by atoms with E-state index in [0.717, 1.165) is 23.3 Å². The minimum Gasteiger partial charge on any atom is -0.488 e. The number of halogens is 1. The van der Waals surface area contributed by atoms with E-state index in [-0.39, 0.29) is 0 Å². The third-order valence-corrected chi connectivity index (χ3v) is 4.33. The molecule has 0 unspecified atom stereocenters. The van der Waals surface area contributed by atoms with Crippen molar-refractivity contribution in [2.75, 3.05) is 0 Å². The zero-order valence-electron chi connectivity index (χ0n) is 13.7. The summed E-state index contributed by atoms with van der Waals surface area (Å²) in [6.07, 6.45) is 1.69. The van der Waals surface area contributed by atoms with E-state index in [1.165, 1.54) is 5.56 Å². The van der Waals surface area contributed by atoms with Crippen molar-refractivity contribution in [3.05, 3.63) is 58.1 Å². The third kappa shape index (κ3) is 4.69. The van der Waals surface area contributed by atoms with E-state index in [9.17, 15) is 0 Å². The van der Waals surface area contributed by atoms with Crippen LogP contribution in [0, 0.1) is 6.92 Å². The Morgan fingerprint density at radius 2 is 1.91 bits per heavy atom. The summed E-state index contributed by atoms with van der Waals surface area (Å²) in [6.45, 7) is 6.49. The van der Waals surface area contributed by atoms with E-state index in [1.807, 2.05) is 38.1 Å². The quantitative estimate of drug-likeness (QED) is 0.605. The molecule has 0 saturated heterocycles. The average molecular weight is 349 g/mol. The van der Waals surface area contributed by atoms with Crippen molar-refractivity contribution >= 4 is 28.9 Å². The molecule has 23 heavy (non-hydrogen) atoms. The topological polar surface area (TPSA) is 18.5 Å². The molecule has 2 aromatic carbocycles. The predicted molar refractivity (Wildman–Crippen MR) is 99.9 cm³/mol. The molecule has 0 aliphatic rings. The zero-order valence-corrected chi connectivity index (χ0v) is 15.3. The molecule has 2 rings (SSSR count). The maximum absolute atomic E-state index is 6.31. The van der Waals surface area contributed by atoms with Gasteiger partial charge in [0.2, 0.25) is 0 Å². The lowest BCUT2D eigenvalue weighted by Crippen LogP contribution is -2.07. The highest BCUT2D eigenvalue weighted by Crippen LogP contribution is 2.29. The molecule has 122 valence electrons. The number of aryl methyl sites for hydroxylation is 2. The molecule has 0 aliphatic carbocycles. The number of rotatable bonds is 6. The largest absolute Gasteiger partial charge is 0.488 e. The molecule has 0 amide bonds. The van der Waals surface area contributed by atoms with E-state index in [0.29, 0.717) is 28.9 Å². The van der Waals surface area contributed by atoms with Crippen molar-refractivity contribution in [2.45, 2.75) is 40.2 Å². The molecule has 2 aromatic rings. The van der Waals surface area contributed by atoms with Gasteiger partial charge in [-0.25, -0.2) is 0 Å². The molecule has 0 aliphatic heterocycles. The number of thiocarbonyl (C=S) groups is 1. The van der Waals surface area contributed by atoms with Gasteiger partial charge in [-0.1, -0.05) is 43.6 Å². The molecule has 0 fully saturated rings. The van der Waals surface area contributed by atoms with Gasteiger partial charge in [0.25, 0.3) is 0 Å². The lowest BCUT2D eigenvalue weighted by molar-refractivity contribution is 0.300. The maximum atomic E-state index is 6.31. The highest BCUT2D eigenvalue weighted by Gasteiger charge is 2.11. The molecule has 2 nitrogen and oxygen atoms in total. The van der Waals surface area contributed by atoms with Gasteiger partial charge in [0, 0.05) is 6.42 Å². The SMILES string of the molecule is CCC(=S)Oc1cccc(Cl)c1COc1ccc(CC)cc1C.